The van der Waals surface area contributed by atoms with Crippen molar-refractivity contribution in [3.63, 3.8) is 0 Å². The second kappa shape index (κ2) is 11.2. The van der Waals surface area contributed by atoms with Gasteiger partial charge in [0, 0.05) is 12.0 Å². The number of likely N-dealkylation sites (tertiary alicyclic amines) is 1. The first-order valence-corrected chi connectivity index (χ1v) is 11.0. The van der Waals surface area contributed by atoms with Crippen LogP contribution in [0.1, 0.15) is 64.4 Å². The summed E-state index contributed by atoms with van der Waals surface area (Å²) in [6.45, 7) is 3.88. The van der Waals surface area contributed by atoms with Gasteiger partial charge in [0.2, 0.25) is 5.78 Å². The van der Waals surface area contributed by atoms with Crippen LogP contribution in [0.25, 0.3) is 0 Å². The normalized spacial score (nSPS) is 16.6. The Bertz CT molecular complexity index is 788. The summed E-state index contributed by atoms with van der Waals surface area (Å²) < 4.78 is 10.7. The number of piperidine rings is 1. The van der Waals surface area contributed by atoms with Crippen molar-refractivity contribution in [3.8, 4) is 11.5 Å². The number of hydrogen-bond donors (Lipinski definition) is 1. The van der Waals surface area contributed by atoms with E-state index in [4.69, 9.17) is 9.47 Å². The molecule has 1 saturated heterocycles. The first-order chi connectivity index (χ1) is 14.7. The summed E-state index contributed by atoms with van der Waals surface area (Å²) in [4.78, 5) is 38.3. The van der Waals surface area contributed by atoms with E-state index in [0.29, 0.717) is 19.4 Å². The number of carbonyl (C=O) groups is 3. The van der Waals surface area contributed by atoms with Crippen molar-refractivity contribution in [2.45, 2.75) is 71.3 Å². The summed E-state index contributed by atoms with van der Waals surface area (Å²) in [7, 11) is 3.28. The molecule has 31 heavy (non-hydrogen) atoms. The second-order valence-electron chi connectivity index (χ2n) is 8.80. The molecule has 0 radical (unpaired) electrons. The molecule has 1 aliphatic heterocycles. The summed E-state index contributed by atoms with van der Waals surface area (Å²) in [5.41, 5.74) is 0.266. The minimum atomic E-state index is -1.04. The van der Waals surface area contributed by atoms with Gasteiger partial charge in [-0.1, -0.05) is 26.7 Å². The Morgan fingerprint density at radius 3 is 2.48 bits per heavy atom. The Labute approximate surface area is 184 Å². The molecule has 1 unspecified atom stereocenters. The van der Waals surface area contributed by atoms with Crippen LogP contribution in [0.5, 0.6) is 11.5 Å². The number of carboxylic acids is 1. The summed E-state index contributed by atoms with van der Waals surface area (Å²) in [6.07, 6.45) is 5.96. The van der Waals surface area contributed by atoms with E-state index in [-0.39, 0.29) is 0 Å². The van der Waals surface area contributed by atoms with Crippen LogP contribution in [0, 0.1) is 5.41 Å². The Morgan fingerprint density at radius 2 is 1.84 bits per heavy atom. The van der Waals surface area contributed by atoms with Crippen LogP contribution >= 0.6 is 0 Å². The van der Waals surface area contributed by atoms with Crippen molar-refractivity contribution in [1.29, 1.82) is 0 Å². The highest BCUT2D eigenvalue weighted by Crippen LogP contribution is 2.29. The lowest BCUT2D eigenvalue weighted by molar-refractivity contribution is -0.158. The highest BCUT2D eigenvalue weighted by molar-refractivity contribution is 6.38. The van der Waals surface area contributed by atoms with Crippen LogP contribution < -0.4 is 9.47 Å². The van der Waals surface area contributed by atoms with Crippen LogP contribution in [-0.2, 0) is 20.8 Å². The zero-order valence-corrected chi connectivity index (χ0v) is 19.1. The molecule has 2 rings (SSSR count). The first kappa shape index (κ1) is 24.7. The molecule has 0 aliphatic carbocycles. The van der Waals surface area contributed by atoms with Crippen LogP contribution in [0.15, 0.2) is 18.2 Å². The Hall–Kier alpha value is -2.57. The van der Waals surface area contributed by atoms with Gasteiger partial charge < -0.3 is 19.5 Å². The summed E-state index contributed by atoms with van der Waals surface area (Å²) in [5, 5.41) is 9.38. The van der Waals surface area contributed by atoms with E-state index in [1.54, 1.807) is 28.1 Å². The molecule has 0 saturated carbocycles. The molecule has 1 fully saturated rings. The minimum absolute atomic E-state index is 0.333. The van der Waals surface area contributed by atoms with Crippen LogP contribution in [0.2, 0.25) is 0 Å². The molecule has 7 nitrogen and oxygen atoms in total. The van der Waals surface area contributed by atoms with E-state index in [9.17, 15) is 19.5 Å². The van der Waals surface area contributed by atoms with Gasteiger partial charge in [-0.05, 0) is 62.3 Å². The smallest absolute Gasteiger partial charge is 0.326 e. The van der Waals surface area contributed by atoms with Gasteiger partial charge in [-0.15, -0.1) is 0 Å². The number of carbonyl (C=O) groups excluding carboxylic acids is 2. The highest BCUT2D eigenvalue weighted by atomic mass is 16.5. The van der Waals surface area contributed by atoms with Crippen molar-refractivity contribution in [3.05, 3.63) is 23.8 Å². The Balaban J connectivity index is 1.86. The molecule has 1 atom stereocenters. The number of aryl methyl sites for hydroxylation is 1. The minimum Gasteiger partial charge on any atom is -0.497 e. The molecule has 1 aromatic rings. The second-order valence-corrected chi connectivity index (χ2v) is 8.80. The van der Waals surface area contributed by atoms with Gasteiger partial charge in [-0.3, -0.25) is 9.59 Å². The average Bonchev–Trinajstić information content (AvgIpc) is 2.77. The fourth-order valence-corrected chi connectivity index (χ4v) is 4.10. The lowest BCUT2D eigenvalue weighted by atomic mass is 9.81. The van der Waals surface area contributed by atoms with E-state index < -0.39 is 29.1 Å². The Kier molecular flexibility index (Phi) is 8.89. The SMILES string of the molecule is COc1ccc(OC)c(CCCCCC(C)(C)C(=O)C(=O)N2CCCCC2C(=O)O)c1. The molecule has 7 heteroatoms. The number of rotatable bonds is 11. The molecule has 1 heterocycles. The third-order valence-corrected chi connectivity index (χ3v) is 6.09. The van der Waals surface area contributed by atoms with Crippen molar-refractivity contribution in [2.75, 3.05) is 20.8 Å². The molecule has 172 valence electrons. The summed E-state index contributed by atoms with van der Waals surface area (Å²) in [6, 6.07) is 4.85. The van der Waals surface area contributed by atoms with Gasteiger partial charge in [0.05, 0.1) is 14.2 Å². The fraction of sp³-hybridized carbons (Fsp3) is 0.625. The van der Waals surface area contributed by atoms with Crippen molar-refractivity contribution in [2.24, 2.45) is 5.41 Å². The predicted octanol–water partition coefficient (Wildman–Crippen LogP) is 3.87. The molecule has 1 aromatic carbocycles. The van der Waals surface area contributed by atoms with Gasteiger partial charge in [-0.2, -0.15) is 0 Å². The number of amides is 1. The van der Waals surface area contributed by atoms with E-state index in [1.165, 1.54) is 4.90 Å². The number of Topliss-reactive ketones (excluding diaryl/α,β-unsaturated/α-hetero) is 1. The first-order valence-electron chi connectivity index (χ1n) is 11.0. The standard InChI is InChI=1S/C24H35NO6/c1-24(2,21(26)22(27)25-15-9-7-11-19(25)23(28)29)14-8-5-6-10-17-16-18(30-3)12-13-20(17)31-4/h12-13,16,19H,5-11,14-15H2,1-4H3,(H,28,29). The lowest BCUT2D eigenvalue weighted by Gasteiger charge is -2.34. The monoisotopic (exact) mass is 433 g/mol. The molecular weight excluding hydrogens is 398 g/mol. The number of ether oxygens (including phenoxy) is 2. The van der Waals surface area contributed by atoms with Gasteiger partial charge >= 0.3 is 5.97 Å². The lowest BCUT2D eigenvalue weighted by Crippen LogP contribution is -2.52. The summed E-state index contributed by atoms with van der Waals surface area (Å²) in [5.74, 6) is -0.560. The molecule has 1 aliphatic rings. The third-order valence-electron chi connectivity index (χ3n) is 6.09. The maximum Gasteiger partial charge on any atom is 0.326 e. The quantitative estimate of drug-likeness (QED) is 0.421. The Morgan fingerprint density at radius 1 is 1.10 bits per heavy atom. The number of nitrogens with zero attached hydrogens (tertiary/aromatic N) is 1. The maximum absolute atomic E-state index is 12.9. The molecule has 1 amide bonds. The number of ketones is 1. The van der Waals surface area contributed by atoms with Crippen LogP contribution in [-0.4, -0.2) is 54.5 Å². The van der Waals surface area contributed by atoms with E-state index in [0.717, 1.165) is 55.6 Å². The summed E-state index contributed by atoms with van der Waals surface area (Å²) >= 11 is 0. The zero-order chi connectivity index (χ0) is 23.0. The predicted molar refractivity (Wildman–Crippen MR) is 117 cm³/mol. The molecule has 0 bridgehead atoms. The zero-order valence-electron chi connectivity index (χ0n) is 19.1. The molecule has 1 N–H and O–H groups in total. The van der Waals surface area contributed by atoms with Crippen LogP contribution in [0.4, 0.5) is 0 Å². The number of carboxylic acid groups (broad SMARTS) is 1. The average molecular weight is 434 g/mol. The van der Waals surface area contributed by atoms with E-state index >= 15 is 0 Å². The number of benzene rings is 1. The number of aliphatic carboxylic acids is 1. The van der Waals surface area contributed by atoms with Crippen LogP contribution in [0.3, 0.4) is 0 Å². The largest absolute Gasteiger partial charge is 0.497 e. The van der Waals surface area contributed by atoms with Crippen molar-refractivity contribution < 1.29 is 29.0 Å². The van der Waals surface area contributed by atoms with Gasteiger partial charge in [0.25, 0.3) is 5.91 Å². The highest BCUT2D eigenvalue weighted by Gasteiger charge is 2.40. The van der Waals surface area contributed by atoms with E-state index in [1.807, 2.05) is 18.2 Å². The molecule has 0 aromatic heterocycles. The number of unbranched alkanes of at least 4 members (excludes halogenated alkanes) is 2. The number of hydrogen-bond acceptors (Lipinski definition) is 5. The van der Waals surface area contributed by atoms with Crippen molar-refractivity contribution >= 4 is 17.7 Å². The van der Waals surface area contributed by atoms with E-state index in [2.05, 4.69) is 0 Å². The molecule has 0 spiro atoms. The third kappa shape index (κ3) is 6.45. The van der Waals surface area contributed by atoms with Crippen molar-refractivity contribution in [1.82, 2.24) is 4.90 Å². The van der Waals surface area contributed by atoms with Gasteiger partial charge in [-0.25, -0.2) is 4.79 Å². The maximum atomic E-state index is 12.9. The van der Waals surface area contributed by atoms with Gasteiger partial charge in [0.1, 0.15) is 17.5 Å². The van der Waals surface area contributed by atoms with Gasteiger partial charge in [0.15, 0.2) is 0 Å². The topological polar surface area (TPSA) is 93.1 Å². The molecular formula is C24H35NO6. The number of methoxy groups -OCH3 is 2. The fourth-order valence-electron chi connectivity index (χ4n) is 4.10.